The van der Waals surface area contributed by atoms with Gasteiger partial charge in [0.25, 0.3) is 5.91 Å². The Labute approximate surface area is 205 Å². The number of para-hydroxylation sites is 1. The second-order valence-corrected chi connectivity index (χ2v) is 8.42. The molecule has 1 N–H and O–H groups in total. The van der Waals surface area contributed by atoms with Crippen molar-refractivity contribution in [2.75, 3.05) is 7.11 Å². The first kappa shape index (κ1) is 24.0. The number of carbonyl (C=O) groups is 1. The summed E-state index contributed by atoms with van der Waals surface area (Å²) in [4.78, 5) is 30.6. The first-order valence-corrected chi connectivity index (χ1v) is 11.6. The normalized spacial score (nSPS) is 11.6. The van der Waals surface area contributed by atoms with Crippen LogP contribution in [0.4, 0.5) is 0 Å². The summed E-state index contributed by atoms with van der Waals surface area (Å²) in [5, 5.41) is 3.09. The monoisotopic (exact) mass is 467 g/mol. The molecule has 0 aliphatic carbocycles. The van der Waals surface area contributed by atoms with Crippen molar-refractivity contribution in [2.24, 2.45) is 0 Å². The van der Waals surface area contributed by atoms with Crippen molar-refractivity contribution in [1.82, 2.24) is 14.9 Å². The van der Waals surface area contributed by atoms with E-state index in [1.807, 2.05) is 85.1 Å². The van der Waals surface area contributed by atoms with Gasteiger partial charge in [-0.2, -0.15) is 0 Å². The number of hydrogen-bond donors (Lipinski definition) is 1. The van der Waals surface area contributed by atoms with Gasteiger partial charge >= 0.3 is 0 Å². The van der Waals surface area contributed by atoms with Crippen molar-refractivity contribution in [3.8, 4) is 5.75 Å². The minimum atomic E-state index is -0.408. The first-order chi connectivity index (χ1) is 17.0. The van der Waals surface area contributed by atoms with Crippen LogP contribution in [0.3, 0.4) is 0 Å². The number of nitrogens with one attached hydrogen (secondary N) is 1. The number of amides is 1. The fraction of sp³-hybridized carbons (Fsp3) is 0.207. The van der Waals surface area contributed by atoms with E-state index in [1.54, 1.807) is 19.5 Å². The Kier molecular flexibility index (Phi) is 7.41. The van der Waals surface area contributed by atoms with Gasteiger partial charge in [-0.1, -0.05) is 48.5 Å². The summed E-state index contributed by atoms with van der Waals surface area (Å²) >= 11 is 0. The van der Waals surface area contributed by atoms with Crippen molar-refractivity contribution < 1.29 is 9.53 Å². The molecule has 2 aromatic carbocycles. The number of carbonyl (C=O) groups excluding carboxylic acids is 1. The molecule has 0 aliphatic rings. The lowest BCUT2D eigenvalue weighted by Crippen LogP contribution is -2.35. The summed E-state index contributed by atoms with van der Waals surface area (Å²) in [6.45, 7) is 4.34. The molecule has 4 rings (SSSR count). The van der Waals surface area contributed by atoms with Crippen LogP contribution >= 0.6 is 0 Å². The van der Waals surface area contributed by atoms with Crippen LogP contribution in [0.1, 0.15) is 44.5 Å². The maximum atomic E-state index is 13.5. The number of ether oxygens (including phenoxy) is 1. The van der Waals surface area contributed by atoms with Gasteiger partial charge in [-0.05, 0) is 55.2 Å². The van der Waals surface area contributed by atoms with E-state index in [4.69, 9.17) is 4.74 Å². The molecular formula is C29H29N3O3. The summed E-state index contributed by atoms with van der Waals surface area (Å²) in [7, 11) is 1.66. The smallest absolute Gasteiger partial charge is 0.257 e. The predicted molar refractivity (Wildman–Crippen MR) is 137 cm³/mol. The highest BCUT2D eigenvalue weighted by molar-refractivity contribution is 5.95. The van der Waals surface area contributed by atoms with E-state index in [0.29, 0.717) is 18.7 Å². The molecule has 0 fully saturated rings. The van der Waals surface area contributed by atoms with Gasteiger partial charge in [-0.25, -0.2) is 0 Å². The second-order valence-electron chi connectivity index (χ2n) is 8.42. The molecule has 4 aromatic rings. The zero-order chi connectivity index (χ0) is 24.8. The van der Waals surface area contributed by atoms with E-state index in [0.717, 1.165) is 28.1 Å². The third kappa shape index (κ3) is 5.32. The van der Waals surface area contributed by atoms with Crippen molar-refractivity contribution in [2.45, 2.75) is 32.9 Å². The van der Waals surface area contributed by atoms with Crippen molar-refractivity contribution in [3.63, 3.8) is 0 Å². The largest absolute Gasteiger partial charge is 0.496 e. The van der Waals surface area contributed by atoms with Gasteiger partial charge < -0.3 is 14.6 Å². The van der Waals surface area contributed by atoms with Crippen molar-refractivity contribution in [3.05, 3.63) is 129 Å². The standard InChI is InChI=1S/C29H29N3O3/c1-20-19-25(33)27(21(2)32(20)18-15-22-9-7-8-12-26(22)35-3)29(34)31-28(23-10-5-4-6-11-23)24-13-16-30-17-14-24/h4-14,16-17,19,28H,15,18H2,1-3H3,(H,31,34). The number of aromatic nitrogens is 2. The topological polar surface area (TPSA) is 73.2 Å². The van der Waals surface area contributed by atoms with Crippen LogP contribution < -0.4 is 15.5 Å². The maximum Gasteiger partial charge on any atom is 0.257 e. The molecule has 6 heteroatoms. The molecule has 0 spiro atoms. The molecular weight excluding hydrogens is 438 g/mol. The molecule has 1 atom stereocenters. The Morgan fingerprint density at radius 3 is 2.34 bits per heavy atom. The third-order valence-corrected chi connectivity index (χ3v) is 6.25. The zero-order valence-electron chi connectivity index (χ0n) is 20.2. The van der Waals surface area contributed by atoms with Crippen LogP contribution in [0, 0.1) is 13.8 Å². The zero-order valence-corrected chi connectivity index (χ0v) is 20.2. The Morgan fingerprint density at radius 2 is 1.63 bits per heavy atom. The Morgan fingerprint density at radius 1 is 0.971 bits per heavy atom. The lowest BCUT2D eigenvalue weighted by molar-refractivity contribution is 0.0940. The predicted octanol–water partition coefficient (Wildman–Crippen LogP) is 4.63. The molecule has 0 radical (unpaired) electrons. The van der Waals surface area contributed by atoms with Crippen LogP contribution in [-0.4, -0.2) is 22.6 Å². The molecule has 0 aliphatic heterocycles. The molecule has 6 nitrogen and oxygen atoms in total. The van der Waals surface area contributed by atoms with Crippen LogP contribution in [0.2, 0.25) is 0 Å². The molecule has 178 valence electrons. The minimum Gasteiger partial charge on any atom is -0.496 e. The number of nitrogens with zero attached hydrogens (tertiary/aromatic N) is 2. The number of benzene rings is 2. The first-order valence-electron chi connectivity index (χ1n) is 11.6. The van der Waals surface area contributed by atoms with E-state index in [9.17, 15) is 9.59 Å². The lowest BCUT2D eigenvalue weighted by atomic mass is 9.99. The quantitative estimate of drug-likeness (QED) is 0.410. The number of aryl methyl sites for hydroxylation is 2. The summed E-state index contributed by atoms with van der Waals surface area (Å²) < 4.78 is 7.50. The van der Waals surface area contributed by atoms with Crippen molar-refractivity contribution in [1.29, 1.82) is 0 Å². The summed E-state index contributed by atoms with van der Waals surface area (Å²) in [6.07, 6.45) is 4.10. The van der Waals surface area contributed by atoms with Crippen LogP contribution in [0.25, 0.3) is 0 Å². The SMILES string of the molecule is COc1ccccc1CCn1c(C)cc(=O)c(C(=O)NC(c2ccccc2)c2ccncc2)c1C. The lowest BCUT2D eigenvalue weighted by Gasteiger charge is -2.22. The van der Waals surface area contributed by atoms with E-state index >= 15 is 0 Å². The van der Waals surface area contributed by atoms with Crippen LogP contribution in [0.15, 0.2) is 90.0 Å². The minimum absolute atomic E-state index is 0.158. The van der Waals surface area contributed by atoms with Gasteiger partial charge in [0.05, 0.1) is 13.2 Å². The molecule has 2 aromatic heterocycles. The van der Waals surface area contributed by atoms with Gasteiger partial charge in [-0.15, -0.1) is 0 Å². The highest BCUT2D eigenvalue weighted by Crippen LogP contribution is 2.23. The molecule has 1 amide bonds. The van der Waals surface area contributed by atoms with Crippen LogP contribution in [-0.2, 0) is 13.0 Å². The molecule has 35 heavy (non-hydrogen) atoms. The van der Waals surface area contributed by atoms with Gasteiger partial charge in [-0.3, -0.25) is 14.6 Å². The summed E-state index contributed by atoms with van der Waals surface area (Å²) in [5.41, 5.74) is 4.21. The van der Waals surface area contributed by atoms with Gasteiger partial charge in [0.15, 0.2) is 5.43 Å². The average Bonchev–Trinajstić information content (AvgIpc) is 2.88. The van der Waals surface area contributed by atoms with Gasteiger partial charge in [0.1, 0.15) is 11.3 Å². The highest BCUT2D eigenvalue weighted by Gasteiger charge is 2.22. The Bertz CT molecular complexity index is 1330. The molecule has 1 unspecified atom stereocenters. The highest BCUT2D eigenvalue weighted by atomic mass is 16.5. The van der Waals surface area contributed by atoms with Gasteiger partial charge in [0.2, 0.25) is 0 Å². The Balaban J connectivity index is 1.66. The Hall–Kier alpha value is -4.19. The van der Waals surface area contributed by atoms with E-state index < -0.39 is 11.9 Å². The van der Waals surface area contributed by atoms with E-state index in [1.165, 1.54) is 6.07 Å². The van der Waals surface area contributed by atoms with Crippen molar-refractivity contribution >= 4 is 5.91 Å². The molecule has 0 bridgehead atoms. The fourth-order valence-corrected chi connectivity index (χ4v) is 4.44. The number of hydrogen-bond acceptors (Lipinski definition) is 4. The third-order valence-electron chi connectivity index (χ3n) is 6.25. The molecule has 0 saturated heterocycles. The summed E-state index contributed by atoms with van der Waals surface area (Å²) in [6, 6.07) is 22.4. The molecule has 0 saturated carbocycles. The van der Waals surface area contributed by atoms with Crippen LogP contribution in [0.5, 0.6) is 5.75 Å². The fourth-order valence-electron chi connectivity index (χ4n) is 4.44. The number of methoxy groups -OCH3 is 1. The molecule has 2 heterocycles. The second kappa shape index (κ2) is 10.8. The van der Waals surface area contributed by atoms with Gasteiger partial charge in [0, 0.05) is 36.4 Å². The average molecular weight is 468 g/mol. The number of pyridine rings is 2. The summed E-state index contributed by atoms with van der Waals surface area (Å²) in [5.74, 6) is 0.425. The van der Waals surface area contributed by atoms with E-state index in [2.05, 4.69) is 10.3 Å². The van der Waals surface area contributed by atoms with E-state index in [-0.39, 0.29) is 11.0 Å². The number of rotatable bonds is 8. The maximum absolute atomic E-state index is 13.5.